The van der Waals surface area contributed by atoms with Gasteiger partial charge in [-0.25, -0.2) is 0 Å². The fourth-order valence-electron chi connectivity index (χ4n) is 1.98. The largest absolute Gasteiger partial charge is 0.370 e. The average molecular weight is 397 g/mol. The second-order valence-electron chi connectivity index (χ2n) is 4.95. The summed E-state index contributed by atoms with van der Waals surface area (Å²) in [6, 6.07) is 11.4. The number of benzene rings is 2. The molecule has 0 aliphatic heterocycles. The van der Waals surface area contributed by atoms with Crippen molar-refractivity contribution < 1.29 is 14.4 Å². The van der Waals surface area contributed by atoms with Crippen LogP contribution in [0.2, 0.25) is 10.0 Å². The van der Waals surface area contributed by atoms with Gasteiger partial charge in [-0.1, -0.05) is 41.4 Å². The molecule has 0 aliphatic rings. The number of hydrogen-bond acceptors (Lipinski definition) is 4. The number of halogens is 2. The third-order valence-corrected chi connectivity index (χ3v) is 4.75. The molecule has 0 saturated heterocycles. The Hall–Kier alpha value is -2.02. The molecule has 25 heavy (non-hydrogen) atoms. The van der Waals surface area contributed by atoms with Crippen molar-refractivity contribution >= 4 is 51.9 Å². The highest BCUT2D eigenvalue weighted by Gasteiger charge is 2.19. The van der Waals surface area contributed by atoms with Crippen LogP contribution in [0.1, 0.15) is 27.1 Å². The highest BCUT2D eigenvalue weighted by Crippen LogP contribution is 2.32. The molecule has 130 valence electrons. The standard InChI is InChI=1S/C17H14Cl2N2O3S/c18-11-5-3-6-12(19)15(11)17(24)25-13-7-2-1-4-10(13)16(23)21-9-8-14(20)22/h1-7H,8-9H2,(H2,20,22)(H,21,23). The Morgan fingerprint density at radius 3 is 2.28 bits per heavy atom. The summed E-state index contributed by atoms with van der Waals surface area (Å²) in [7, 11) is 0. The van der Waals surface area contributed by atoms with Crippen molar-refractivity contribution in [3.63, 3.8) is 0 Å². The SMILES string of the molecule is NC(=O)CCNC(=O)c1ccccc1SC(=O)c1c(Cl)cccc1Cl. The van der Waals surface area contributed by atoms with E-state index in [0.717, 1.165) is 11.8 Å². The minimum Gasteiger partial charge on any atom is -0.370 e. The predicted molar refractivity (Wildman–Crippen MR) is 99.2 cm³/mol. The van der Waals surface area contributed by atoms with E-state index in [1.54, 1.807) is 42.5 Å². The quantitative estimate of drug-likeness (QED) is 0.730. The van der Waals surface area contributed by atoms with Crippen molar-refractivity contribution in [2.75, 3.05) is 6.54 Å². The number of amides is 2. The first-order valence-electron chi connectivity index (χ1n) is 7.22. The van der Waals surface area contributed by atoms with Crippen LogP contribution in [0.4, 0.5) is 0 Å². The van der Waals surface area contributed by atoms with Gasteiger partial charge >= 0.3 is 0 Å². The van der Waals surface area contributed by atoms with Gasteiger partial charge in [0.25, 0.3) is 5.91 Å². The lowest BCUT2D eigenvalue weighted by Gasteiger charge is -2.10. The monoisotopic (exact) mass is 396 g/mol. The first-order valence-corrected chi connectivity index (χ1v) is 8.79. The van der Waals surface area contributed by atoms with Gasteiger partial charge in [-0.2, -0.15) is 0 Å². The maximum absolute atomic E-state index is 12.5. The summed E-state index contributed by atoms with van der Waals surface area (Å²) < 4.78 is 0. The molecule has 0 unspecified atom stereocenters. The normalized spacial score (nSPS) is 10.3. The average Bonchev–Trinajstić information content (AvgIpc) is 2.54. The molecule has 2 rings (SSSR count). The van der Waals surface area contributed by atoms with Gasteiger partial charge in [0.2, 0.25) is 11.0 Å². The molecule has 0 spiro atoms. The highest BCUT2D eigenvalue weighted by atomic mass is 35.5. The van der Waals surface area contributed by atoms with Crippen molar-refractivity contribution in [1.82, 2.24) is 5.32 Å². The van der Waals surface area contributed by atoms with Gasteiger partial charge in [0.05, 0.1) is 21.2 Å². The lowest BCUT2D eigenvalue weighted by atomic mass is 10.2. The summed E-state index contributed by atoms with van der Waals surface area (Å²) in [6.45, 7) is 0.122. The van der Waals surface area contributed by atoms with Gasteiger partial charge in [-0.05, 0) is 36.0 Å². The smallest absolute Gasteiger partial charge is 0.252 e. The van der Waals surface area contributed by atoms with Crippen molar-refractivity contribution in [3.8, 4) is 0 Å². The molecular formula is C17H14Cl2N2O3S. The van der Waals surface area contributed by atoms with Gasteiger partial charge in [0.15, 0.2) is 0 Å². The molecule has 0 radical (unpaired) electrons. The van der Waals surface area contributed by atoms with E-state index in [4.69, 9.17) is 28.9 Å². The molecule has 0 heterocycles. The van der Waals surface area contributed by atoms with Crippen LogP contribution >= 0.6 is 35.0 Å². The number of thioether (sulfide) groups is 1. The number of nitrogens with two attached hydrogens (primary N) is 1. The number of carbonyl (C=O) groups excluding carboxylic acids is 3. The van der Waals surface area contributed by atoms with Crippen molar-refractivity contribution in [3.05, 3.63) is 63.6 Å². The molecular weight excluding hydrogens is 383 g/mol. The molecule has 2 aromatic carbocycles. The highest BCUT2D eigenvalue weighted by molar-refractivity contribution is 8.14. The molecule has 2 aromatic rings. The van der Waals surface area contributed by atoms with Crippen molar-refractivity contribution in [1.29, 1.82) is 0 Å². The first-order chi connectivity index (χ1) is 11.9. The minimum atomic E-state index is -0.508. The lowest BCUT2D eigenvalue weighted by Crippen LogP contribution is -2.28. The second kappa shape index (κ2) is 8.89. The van der Waals surface area contributed by atoms with E-state index >= 15 is 0 Å². The van der Waals surface area contributed by atoms with E-state index in [1.807, 2.05) is 0 Å². The molecule has 0 bridgehead atoms. The third-order valence-electron chi connectivity index (χ3n) is 3.16. The van der Waals surface area contributed by atoms with Crippen LogP contribution in [0.15, 0.2) is 47.4 Å². The third kappa shape index (κ3) is 5.22. The fraction of sp³-hybridized carbons (Fsp3) is 0.118. The number of nitrogens with one attached hydrogen (secondary N) is 1. The second-order valence-corrected chi connectivity index (χ2v) is 6.78. The van der Waals surface area contributed by atoms with Gasteiger partial charge in [0, 0.05) is 17.9 Å². The Bertz CT molecular complexity index is 807. The Morgan fingerprint density at radius 1 is 1.00 bits per heavy atom. The van der Waals surface area contributed by atoms with E-state index in [0.29, 0.717) is 10.5 Å². The summed E-state index contributed by atoms with van der Waals surface area (Å²) in [5, 5.41) is 2.71. The predicted octanol–water partition coefficient (Wildman–Crippen LogP) is 3.53. The molecule has 5 nitrogen and oxygen atoms in total. The van der Waals surface area contributed by atoms with Gasteiger partial charge in [-0.3, -0.25) is 14.4 Å². The van der Waals surface area contributed by atoms with E-state index < -0.39 is 11.8 Å². The van der Waals surface area contributed by atoms with E-state index in [1.165, 1.54) is 0 Å². The Labute approximate surface area is 158 Å². The van der Waals surface area contributed by atoms with Gasteiger partial charge in [0.1, 0.15) is 0 Å². The Kier molecular flexibility index (Phi) is 6.87. The summed E-state index contributed by atoms with van der Waals surface area (Å²) in [6.07, 6.45) is 0.0369. The van der Waals surface area contributed by atoms with Crippen LogP contribution in [-0.4, -0.2) is 23.5 Å². The molecule has 0 atom stereocenters. The number of rotatable bonds is 6. The minimum absolute atomic E-state index is 0.0369. The van der Waals surface area contributed by atoms with Crippen LogP contribution in [0, 0.1) is 0 Å². The number of primary amides is 1. The van der Waals surface area contributed by atoms with E-state index in [-0.39, 0.29) is 33.7 Å². The van der Waals surface area contributed by atoms with Crippen LogP contribution < -0.4 is 11.1 Å². The van der Waals surface area contributed by atoms with Crippen LogP contribution in [0.3, 0.4) is 0 Å². The van der Waals surface area contributed by atoms with Crippen molar-refractivity contribution in [2.24, 2.45) is 5.73 Å². The molecule has 0 aromatic heterocycles. The summed E-state index contributed by atoms with van der Waals surface area (Å²) in [5.74, 6) is -0.908. The Balaban J connectivity index is 2.19. The lowest BCUT2D eigenvalue weighted by molar-refractivity contribution is -0.117. The molecule has 0 saturated carbocycles. The maximum atomic E-state index is 12.5. The topological polar surface area (TPSA) is 89.3 Å². The van der Waals surface area contributed by atoms with E-state index in [2.05, 4.69) is 5.32 Å². The van der Waals surface area contributed by atoms with Crippen LogP contribution in [0.25, 0.3) is 0 Å². The zero-order valence-electron chi connectivity index (χ0n) is 12.9. The number of carbonyl (C=O) groups is 3. The fourth-order valence-corrected chi connectivity index (χ4v) is 3.60. The molecule has 3 N–H and O–H groups in total. The van der Waals surface area contributed by atoms with E-state index in [9.17, 15) is 14.4 Å². The Morgan fingerprint density at radius 2 is 1.64 bits per heavy atom. The first kappa shape index (κ1) is 19.3. The van der Waals surface area contributed by atoms with Gasteiger partial charge < -0.3 is 11.1 Å². The van der Waals surface area contributed by atoms with Crippen LogP contribution in [-0.2, 0) is 4.79 Å². The van der Waals surface area contributed by atoms with Crippen molar-refractivity contribution in [2.45, 2.75) is 11.3 Å². The summed E-state index contributed by atoms with van der Waals surface area (Å²) in [4.78, 5) is 36.0. The zero-order chi connectivity index (χ0) is 18.4. The molecule has 8 heteroatoms. The summed E-state index contributed by atoms with van der Waals surface area (Å²) in [5.41, 5.74) is 5.55. The number of hydrogen-bond donors (Lipinski definition) is 2. The molecule has 2 amide bonds. The van der Waals surface area contributed by atoms with Crippen LogP contribution in [0.5, 0.6) is 0 Å². The zero-order valence-corrected chi connectivity index (χ0v) is 15.3. The molecule has 0 fully saturated rings. The molecule has 0 aliphatic carbocycles. The van der Waals surface area contributed by atoms with Gasteiger partial charge in [-0.15, -0.1) is 0 Å². The summed E-state index contributed by atoms with van der Waals surface area (Å²) >= 11 is 13.0. The maximum Gasteiger partial charge on any atom is 0.252 e.